The van der Waals surface area contributed by atoms with E-state index in [0.717, 1.165) is 46.4 Å². The second-order valence-corrected chi connectivity index (χ2v) is 33.4. The van der Waals surface area contributed by atoms with Crippen LogP contribution in [0.3, 0.4) is 0 Å². The fourth-order valence-electron chi connectivity index (χ4n) is 19.5. The molecule has 0 saturated heterocycles. The van der Waals surface area contributed by atoms with Crippen LogP contribution < -0.4 is 4.90 Å². The number of rotatable bonds is 33. The van der Waals surface area contributed by atoms with Crippen LogP contribution in [0.25, 0.3) is 99.5 Å². The van der Waals surface area contributed by atoms with Gasteiger partial charge in [0, 0.05) is 60.4 Å². The Morgan fingerprint density at radius 1 is 0.308 bits per heavy atom. The van der Waals surface area contributed by atoms with E-state index in [4.69, 9.17) is 8.83 Å². The fourth-order valence-corrected chi connectivity index (χ4v) is 19.5. The zero-order valence-electron chi connectivity index (χ0n) is 64.5. The lowest BCUT2D eigenvalue weighted by atomic mass is 9.68. The zero-order chi connectivity index (χ0) is 71.6. The normalized spacial score (nSPS) is 14.4. The minimum Gasteiger partial charge on any atom is -0.456 e. The molecule has 0 amide bonds. The van der Waals surface area contributed by atoms with Gasteiger partial charge in [-0.05, 0) is 193 Å². The molecule has 12 aromatic rings. The minimum atomic E-state index is -0.341. The second-order valence-electron chi connectivity index (χ2n) is 33.4. The number of furan rings is 2. The number of hydrogen-bond donors (Lipinski definition) is 0. The van der Waals surface area contributed by atoms with E-state index in [1.54, 1.807) is 16.7 Å². The lowest BCUT2D eigenvalue weighted by Gasteiger charge is -2.35. The maximum Gasteiger partial charge on any atom is 0.143 e. The number of para-hydroxylation sites is 2. The summed E-state index contributed by atoms with van der Waals surface area (Å²) in [6.07, 6.45) is 35.5. The molecule has 0 radical (unpaired) electrons. The van der Waals surface area contributed by atoms with Crippen LogP contribution in [0.2, 0.25) is 0 Å². The van der Waals surface area contributed by atoms with Gasteiger partial charge in [0.05, 0.1) is 0 Å². The SMILES string of the molecule is CCCCCCCCC1(CCCCCCCC)c2cc(N(c3ccc(-c4ccccc4)cc3)c3ccc4c(c3)C(C)(C)c3cc(-c5ccc(C(C)(C)C)cc5)c5oc6ccccc6c5c3-4)ccc2-c2cc3c(cc21)-c1c(ccc2oc4ccccc4c12)C3(CCCCCCCC)CCCCCCCC. The molecular weight excluding hydrogens is 1260 g/mol. The average molecular weight is 1380 g/mol. The summed E-state index contributed by atoms with van der Waals surface area (Å²) >= 11 is 0. The maximum absolute atomic E-state index is 7.06. The Morgan fingerprint density at radius 2 is 0.740 bits per heavy atom. The molecule has 10 aromatic carbocycles. The molecule has 0 saturated carbocycles. The van der Waals surface area contributed by atoms with Crippen molar-refractivity contribution in [3.63, 3.8) is 0 Å². The highest BCUT2D eigenvalue weighted by molar-refractivity contribution is 6.19. The Morgan fingerprint density at radius 3 is 1.32 bits per heavy atom. The number of fused-ring (bicyclic) bond motifs is 17. The molecule has 0 N–H and O–H groups in total. The molecule has 3 aliphatic carbocycles. The molecular formula is C101H115NO2. The van der Waals surface area contributed by atoms with Gasteiger partial charge >= 0.3 is 0 Å². The van der Waals surface area contributed by atoms with Gasteiger partial charge < -0.3 is 13.7 Å². The van der Waals surface area contributed by atoms with Crippen LogP contribution in [-0.2, 0) is 21.7 Å². The van der Waals surface area contributed by atoms with Crippen LogP contribution >= 0.6 is 0 Å². The molecule has 0 unspecified atom stereocenters. The fraction of sp³-hybridized carbons (Fsp3) is 0.406. The second kappa shape index (κ2) is 30.6. The van der Waals surface area contributed by atoms with Crippen molar-refractivity contribution in [2.75, 3.05) is 4.90 Å². The Labute approximate surface area is 623 Å². The third-order valence-electron chi connectivity index (χ3n) is 25.2. The van der Waals surface area contributed by atoms with E-state index in [0.29, 0.717) is 0 Å². The Bertz CT molecular complexity index is 4950. The van der Waals surface area contributed by atoms with Crippen molar-refractivity contribution < 1.29 is 8.83 Å². The van der Waals surface area contributed by atoms with Gasteiger partial charge in [-0.2, -0.15) is 0 Å². The van der Waals surface area contributed by atoms with E-state index in [2.05, 4.69) is 261 Å². The quantitative estimate of drug-likeness (QED) is 0.0384. The molecule has 2 heterocycles. The lowest BCUT2D eigenvalue weighted by Crippen LogP contribution is -2.27. The highest BCUT2D eigenvalue weighted by Crippen LogP contribution is 2.64. The molecule has 0 fully saturated rings. The number of anilines is 3. The Hall–Kier alpha value is -8.40. The van der Waals surface area contributed by atoms with Crippen molar-refractivity contribution in [2.45, 2.75) is 264 Å². The first kappa shape index (κ1) is 71.2. The van der Waals surface area contributed by atoms with E-state index in [1.807, 2.05) is 0 Å². The summed E-state index contributed by atoms with van der Waals surface area (Å²) in [6.45, 7) is 21.3. The third kappa shape index (κ3) is 13.2. The van der Waals surface area contributed by atoms with Crippen molar-refractivity contribution >= 4 is 60.9 Å². The predicted octanol–water partition coefficient (Wildman–Crippen LogP) is 31.4. The van der Waals surface area contributed by atoms with Gasteiger partial charge in [-0.1, -0.05) is 338 Å². The van der Waals surface area contributed by atoms with Crippen LogP contribution in [0, 0.1) is 0 Å². The van der Waals surface area contributed by atoms with Crippen LogP contribution in [0.5, 0.6) is 0 Å². The first-order valence-corrected chi connectivity index (χ1v) is 41.3. The molecule has 2 aromatic heterocycles. The highest BCUT2D eigenvalue weighted by Gasteiger charge is 2.49. The van der Waals surface area contributed by atoms with Gasteiger partial charge in [-0.3, -0.25) is 0 Å². The highest BCUT2D eigenvalue weighted by atomic mass is 16.3. The van der Waals surface area contributed by atoms with E-state index >= 15 is 0 Å². The van der Waals surface area contributed by atoms with Crippen molar-refractivity contribution in [1.29, 1.82) is 0 Å². The van der Waals surface area contributed by atoms with Gasteiger partial charge in [-0.25, -0.2) is 0 Å². The molecule has 0 spiro atoms. The largest absolute Gasteiger partial charge is 0.456 e. The summed E-state index contributed by atoms with van der Waals surface area (Å²) in [6, 6.07) is 75.9. The summed E-state index contributed by atoms with van der Waals surface area (Å²) in [5.74, 6) is 0. The molecule has 536 valence electrons. The summed E-state index contributed by atoms with van der Waals surface area (Å²) in [5.41, 5.74) is 30.5. The zero-order valence-corrected chi connectivity index (χ0v) is 64.5. The Kier molecular flexibility index (Phi) is 20.9. The molecule has 3 aliphatic rings. The van der Waals surface area contributed by atoms with E-state index < -0.39 is 0 Å². The van der Waals surface area contributed by atoms with E-state index in [1.165, 1.54) is 272 Å². The number of nitrogens with zero attached hydrogens (tertiary/aromatic N) is 1. The predicted molar refractivity (Wildman–Crippen MR) is 447 cm³/mol. The van der Waals surface area contributed by atoms with Crippen LogP contribution in [-0.4, -0.2) is 0 Å². The minimum absolute atomic E-state index is 0.0465. The summed E-state index contributed by atoms with van der Waals surface area (Å²) in [4.78, 5) is 2.63. The average Bonchev–Trinajstić information content (AvgIpc) is 1.52. The molecule has 15 rings (SSSR count). The summed E-state index contributed by atoms with van der Waals surface area (Å²) < 4.78 is 14.0. The topological polar surface area (TPSA) is 29.5 Å². The maximum atomic E-state index is 7.06. The molecule has 0 bridgehead atoms. The van der Waals surface area contributed by atoms with E-state index in [9.17, 15) is 0 Å². The summed E-state index contributed by atoms with van der Waals surface area (Å²) in [5, 5.41) is 4.96. The Balaban J connectivity index is 0.932. The summed E-state index contributed by atoms with van der Waals surface area (Å²) in [7, 11) is 0. The standard InChI is InChI=1S/C101H115NO2/c1-10-14-18-22-26-37-61-100(62-38-27-23-19-15-11-2)84-59-60-92-95(79-43-33-35-45-90(79)103-92)94(84)83-69-87-82(68-88(83)100)77-57-55-76(66-86(77)101(87,63-39-28-24-20-16-12-3)64-40-29-25-21-17-13-4)102(74-53-49-71(50-54-74)70-41-31-30-32-42-70)75-56-58-78-85(65-75)99(8,9)89-67-81(72-47-51-73(52-48-72)98(5,6)7)97-96(93(78)89)80-44-34-36-46-91(80)104-97/h30-36,41-60,65-69H,10-29,37-40,61-64H2,1-9H3. The smallest absolute Gasteiger partial charge is 0.143 e. The molecule has 3 heteroatoms. The van der Waals surface area contributed by atoms with Gasteiger partial charge in [0.1, 0.15) is 22.3 Å². The van der Waals surface area contributed by atoms with E-state index in [-0.39, 0.29) is 21.7 Å². The first-order chi connectivity index (χ1) is 50.8. The van der Waals surface area contributed by atoms with Crippen molar-refractivity contribution in [1.82, 2.24) is 0 Å². The van der Waals surface area contributed by atoms with Crippen molar-refractivity contribution in [3.05, 3.63) is 233 Å². The lowest BCUT2D eigenvalue weighted by molar-refractivity contribution is 0.394. The van der Waals surface area contributed by atoms with Crippen LogP contribution in [0.4, 0.5) is 17.1 Å². The van der Waals surface area contributed by atoms with Gasteiger partial charge in [0.25, 0.3) is 0 Å². The number of unbranched alkanes of at least 4 members (excludes halogenated alkanes) is 20. The third-order valence-corrected chi connectivity index (χ3v) is 25.2. The van der Waals surface area contributed by atoms with Crippen LogP contribution in [0.1, 0.15) is 281 Å². The van der Waals surface area contributed by atoms with Gasteiger partial charge in [-0.15, -0.1) is 0 Å². The molecule has 3 nitrogen and oxygen atoms in total. The van der Waals surface area contributed by atoms with Crippen molar-refractivity contribution in [3.8, 4) is 55.6 Å². The van der Waals surface area contributed by atoms with Gasteiger partial charge in [0.2, 0.25) is 0 Å². The first-order valence-electron chi connectivity index (χ1n) is 41.3. The molecule has 0 atom stereocenters. The molecule has 0 aliphatic heterocycles. The van der Waals surface area contributed by atoms with Crippen molar-refractivity contribution in [2.24, 2.45) is 0 Å². The van der Waals surface area contributed by atoms with Crippen LogP contribution in [0.15, 0.2) is 203 Å². The van der Waals surface area contributed by atoms with Gasteiger partial charge in [0.15, 0.2) is 0 Å². The monoisotopic (exact) mass is 1370 g/mol. The molecule has 104 heavy (non-hydrogen) atoms. The number of benzene rings is 10. The number of hydrogen-bond acceptors (Lipinski definition) is 3.